The molecule has 122 valence electrons. The number of anilines is 1. The minimum absolute atomic E-state index is 0.188. The number of halogens is 1. The molecule has 1 amide bonds. The van der Waals surface area contributed by atoms with Crippen LogP contribution in [0.15, 0.2) is 56.7 Å². The molecule has 0 saturated carbocycles. The van der Waals surface area contributed by atoms with Crippen LogP contribution in [0.5, 0.6) is 5.75 Å². The molecule has 1 N–H and O–H groups in total. The van der Waals surface area contributed by atoms with Gasteiger partial charge in [-0.3, -0.25) is 4.79 Å². The van der Waals surface area contributed by atoms with Crippen molar-refractivity contribution in [3.8, 4) is 5.75 Å². The van der Waals surface area contributed by atoms with Crippen LogP contribution < -0.4 is 15.7 Å². The van der Waals surface area contributed by atoms with Crippen molar-refractivity contribution in [3.63, 3.8) is 0 Å². The number of benzene rings is 2. The number of carbonyl (C=O) groups excluding carboxylic acids is 1. The molecule has 0 saturated heterocycles. The molecule has 0 atom stereocenters. The third-order valence-electron chi connectivity index (χ3n) is 3.63. The normalized spacial score (nSPS) is 10.8. The van der Waals surface area contributed by atoms with E-state index in [0.717, 1.165) is 5.39 Å². The number of hydrogen-bond donors (Lipinski definition) is 1. The summed E-state index contributed by atoms with van der Waals surface area (Å²) >= 11 is 3.40. The molecule has 0 fully saturated rings. The van der Waals surface area contributed by atoms with E-state index in [9.17, 15) is 9.59 Å². The molecule has 3 rings (SSSR count). The molecule has 0 aliphatic rings. The van der Waals surface area contributed by atoms with Crippen molar-refractivity contribution >= 4 is 49.3 Å². The van der Waals surface area contributed by atoms with Gasteiger partial charge in [-0.05, 0) is 40.2 Å². The average molecular weight is 388 g/mol. The van der Waals surface area contributed by atoms with E-state index in [1.54, 1.807) is 31.4 Å². The van der Waals surface area contributed by atoms with Crippen molar-refractivity contribution in [2.45, 2.75) is 6.42 Å². The van der Waals surface area contributed by atoms with Crippen LogP contribution in [0.25, 0.3) is 21.7 Å². The third kappa shape index (κ3) is 2.80. The van der Waals surface area contributed by atoms with Crippen LogP contribution in [0.1, 0.15) is 6.42 Å². The zero-order valence-electron chi connectivity index (χ0n) is 12.9. The summed E-state index contributed by atoms with van der Waals surface area (Å²) in [6.07, 6.45) is 1.70. The Labute approximate surface area is 146 Å². The molecule has 0 unspecified atom stereocenters. The number of nitrogens with one attached hydrogen (secondary N) is 1. The number of rotatable bonds is 4. The smallest absolute Gasteiger partial charge is 0.345 e. The molecular weight excluding hydrogens is 374 g/mol. The Kier molecular flexibility index (Phi) is 4.40. The van der Waals surface area contributed by atoms with Crippen LogP contribution in [-0.2, 0) is 4.79 Å². The monoisotopic (exact) mass is 387 g/mol. The Morgan fingerprint density at radius 2 is 2.12 bits per heavy atom. The van der Waals surface area contributed by atoms with E-state index < -0.39 is 5.63 Å². The Balaban J connectivity index is 2.26. The van der Waals surface area contributed by atoms with Gasteiger partial charge in [0.15, 0.2) is 0 Å². The fourth-order valence-electron chi connectivity index (χ4n) is 2.52. The predicted octanol–water partition coefficient (Wildman–Crippen LogP) is 4.23. The maximum Gasteiger partial charge on any atom is 0.345 e. The zero-order chi connectivity index (χ0) is 17.3. The minimum Gasteiger partial charge on any atom is -0.497 e. The van der Waals surface area contributed by atoms with E-state index in [1.165, 1.54) is 6.08 Å². The van der Waals surface area contributed by atoms with Crippen molar-refractivity contribution in [1.29, 1.82) is 0 Å². The maximum atomic E-state index is 12.4. The summed E-state index contributed by atoms with van der Waals surface area (Å²) in [5, 5.41) is 4.58. The molecule has 6 heteroatoms. The first-order chi connectivity index (χ1) is 11.5. The lowest BCUT2D eigenvalue weighted by Crippen LogP contribution is -2.11. The topological polar surface area (TPSA) is 68.5 Å². The lowest BCUT2D eigenvalue weighted by molar-refractivity contribution is -0.115. The Morgan fingerprint density at radius 1 is 1.33 bits per heavy atom. The van der Waals surface area contributed by atoms with E-state index in [4.69, 9.17) is 9.15 Å². The summed E-state index contributed by atoms with van der Waals surface area (Å²) in [5.74, 6) is 0.453. The highest BCUT2D eigenvalue weighted by Crippen LogP contribution is 2.34. The van der Waals surface area contributed by atoms with Crippen molar-refractivity contribution in [3.05, 3.63) is 57.9 Å². The van der Waals surface area contributed by atoms with Gasteiger partial charge < -0.3 is 14.5 Å². The van der Waals surface area contributed by atoms with E-state index in [0.29, 0.717) is 32.3 Å². The number of methoxy groups -OCH3 is 1. The van der Waals surface area contributed by atoms with Gasteiger partial charge in [-0.25, -0.2) is 4.79 Å². The molecule has 3 aromatic rings. The number of amides is 1. The summed E-state index contributed by atoms with van der Waals surface area (Å²) in [7, 11) is 1.58. The van der Waals surface area contributed by atoms with Gasteiger partial charge in [0, 0.05) is 17.2 Å². The summed E-state index contributed by atoms with van der Waals surface area (Å²) in [6.45, 7) is 3.53. The summed E-state index contributed by atoms with van der Waals surface area (Å²) in [4.78, 5) is 24.1. The molecule has 0 radical (unpaired) electrons. The second kappa shape index (κ2) is 6.49. The Morgan fingerprint density at radius 3 is 2.83 bits per heavy atom. The van der Waals surface area contributed by atoms with Crippen LogP contribution in [0, 0.1) is 0 Å². The van der Waals surface area contributed by atoms with Crippen molar-refractivity contribution in [2.24, 2.45) is 0 Å². The fraction of sp³-hybridized carbons (Fsp3) is 0.111. The van der Waals surface area contributed by atoms with Crippen molar-refractivity contribution < 1.29 is 13.9 Å². The summed E-state index contributed by atoms with van der Waals surface area (Å²) in [5.41, 5.74) is 0.502. The van der Waals surface area contributed by atoms with Crippen LogP contribution in [0.2, 0.25) is 0 Å². The molecule has 2 aromatic carbocycles. The first-order valence-corrected chi connectivity index (χ1v) is 7.98. The van der Waals surface area contributed by atoms with Crippen LogP contribution in [0.4, 0.5) is 5.69 Å². The lowest BCUT2D eigenvalue weighted by Gasteiger charge is -2.10. The lowest BCUT2D eigenvalue weighted by atomic mass is 10.1. The quantitative estimate of drug-likeness (QED) is 0.413. The first kappa shape index (κ1) is 16.3. The second-order valence-corrected chi connectivity index (χ2v) is 5.94. The van der Waals surface area contributed by atoms with Gasteiger partial charge in [0.1, 0.15) is 11.3 Å². The van der Waals surface area contributed by atoms with E-state index in [1.807, 2.05) is 6.07 Å². The molecule has 1 heterocycles. The molecule has 5 nitrogen and oxygen atoms in total. The van der Waals surface area contributed by atoms with Gasteiger partial charge in [0.25, 0.3) is 0 Å². The van der Waals surface area contributed by atoms with E-state index >= 15 is 0 Å². The minimum atomic E-state index is -0.477. The third-order valence-corrected chi connectivity index (χ3v) is 4.45. The SMILES string of the molecule is C=CCC(=O)Nc1ccc2c(c1Br)c(=O)oc1ccc(OC)cc12. The molecule has 0 spiro atoms. The number of hydrogen-bond acceptors (Lipinski definition) is 4. The maximum absolute atomic E-state index is 12.4. The number of ether oxygens (including phenoxy) is 1. The van der Waals surface area contributed by atoms with Crippen LogP contribution in [-0.4, -0.2) is 13.0 Å². The number of fused-ring (bicyclic) bond motifs is 3. The fourth-order valence-corrected chi connectivity index (χ4v) is 3.12. The summed E-state index contributed by atoms with van der Waals surface area (Å²) < 4.78 is 11.1. The standard InChI is InChI=1S/C18H14BrNO4/c1-3-4-15(21)20-13-7-6-11-12-9-10(23-2)5-8-14(12)24-18(22)16(11)17(13)19/h3,5-9H,1,4H2,2H3,(H,20,21). The largest absolute Gasteiger partial charge is 0.497 e. The van der Waals surface area contributed by atoms with Crippen molar-refractivity contribution in [1.82, 2.24) is 0 Å². The van der Waals surface area contributed by atoms with Crippen molar-refractivity contribution in [2.75, 3.05) is 12.4 Å². The highest BCUT2D eigenvalue weighted by atomic mass is 79.9. The predicted molar refractivity (Wildman–Crippen MR) is 97.7 cm³/mol. The number of carbonyl (C=O) groups is 1. The van der Waals surface area contributed by atoms with Crippen LogP contribution in [0.3, 0.4) is 0 Å². The molecule has 24 heavy (non-hydrogen) atoms. The highest BCUT2D eigenvalue weighted by Gasteiger charge is 2.15. The van der Waals surface area contributed by atoms with E-state index in [2.05, 4.69) is 27.8 Å². The van der Waals surface area contributed by atoms with Crippen LogP contribution >= 0.6 is 15.9 Å². The molecular formula is C18H14BrNO4. The molecule has 0 bridgehead atoms. The average Bonchev–Trinajstić information content (AvgIpc) is 2.57. The molecule has 0 aliphatic heterocycles. The van der Waals surface area contributed by atoms with Gasteiger partial charge in [0.2, 0.25) is 5.91 Å². The van der Waals surface area contributed by atoms with Gasteiger partial charge >= 0.3 is 5.63 Å². The highest BCUT2D eigenvalue weighted by molar-refractivity contribution is 9.10. The second-order valence-electron chi connectivity index (χ2n) is 5.14. The zero-order valence-corrected chi connectivity index (χ0v) is 14.5. The molecule has 1 aromatic heterocycles. The van der Waals surface area contributed by atoms with Gasteiger partial charge in [-0.2, -0.15) is 0 Å². The Hall–Kier alpha value is -2.60. The first-order valence-electron chi connectivity index (χ1n) is 7.19. The molecule has 0 aliphatic carbocycles. The van der Waals surface area contributed by atoms with E-state index in [-0.39, 0.29) is 12.3 Å². The van der Waals surface area contributed by atoms with Gasteiger partial charge in [0.05, 0.1) is 22.7 Å². The van der Waals surface area contributed by atoms with Gasteiger partial charge in [-0.15, -0.1) is 6.58 Å². The van der Waals surface area contributed by atoms with Gasteiger partial charge in [-0.1, -0.05) is 12.1 Å². The summed E-state index contributed by atoms with van der Waals surface area (Å²) in [6, 6.07) is 8.76. The Bertz CT molecular complexity index is 1020.